The normalized spacial score (nSPS) is 30.9. The molecule has 0 spiro atoms. The van der Waals surface area contributed by atoms with E-state index in [0.717, 1.165) is 16.7 Å². The molecular formula is C36H41N3O5. The molecule has 3 fully saturated rings. The fourth-order valence-electron chi connectivity index (χ4n) is 8.15. The number of aliphatic hydroxyl groups excluding tert-OH is 1. The molecule has 2 N–H and O–H groups in total. The number of rotatable bonds is 6. The lowest BCUT2D eigenvalue weighted by Crippen LogP contribution is -2.50. The summed E-state index contributed by atoms with van der Waals surface area (Å²) in [5.41, 5.74) is 4.21. The van der Waals surface area contributed by atoms with E-state index in [1.54, 1.807) is 23.4 Å². The van der Waals surface area contributed by atoms with Crippen LogP contribution in [0.4, 0.5) is 5.69 Å². The van der Waals surface area contributed by atoms with Crippen molar-refractivity contribution in [3.05, 3.63) is 95.3 Å². The average molecular weight is 596 g/mol. The number of amides is 2. The van der Waals surface area contributed by atoms with Crippen LogP contribution in [0, 0.1) is 29.6 Å². The Balaban J connectivity index is 1.32. The van der Waals surface area contributed by atoms with Crippen LogP contribution < -0.4 is 10.2 Å². The Labute approximate surface area is 258 Å². The van der Waals surface area contributed by atoms with Gasteiger partial charge in [-0.15, -0.1) is 0 Å². The fourth-order valence-corrected chi connectivity index (χ4v) is 8.15. The number of ether oxygens (including phenoxy) is 2. The van der Waals surface area contributed by atoms with Gasteiger partial charge in [0.15, 0.2) is 6.29 Å². The van der Waals surface area contributed by atoms with E-state index in [1.165, 1.54) is 0 Å². The highest BCUT2D eigenvalue weighted by molar-refractivity contribution is 6.03. The molecule has 44 heavy (non-hydrogen) atoms. The molecule has 230 valence electrons. The lowest BCUT2D eigenvalue weighted by Gasteiger charge is -2.37. The zero-order valence-electron chi connectivity index (χ0n) is 25.7. The van der Waals surface area contributed by atoms with Crippen LogP contribution in [-0.4, -0.2) is 47.5 Å². The first-order chi connectivity index (χ1) is 21.1. The number of carbonyl (C=O) groups excluding carboxylic acids is 2. The number of benzene rings is 2. The van der Waals surface area contributed by atoms with Crippen molar-refractivity contribution in [1.29, 1.82) is 0 Å². The fraction of sp³-hybridized carbons (Fsp3) is 0.472. The predicted octanol–water partition coefficient (Wildman–Crippen LogP) is 4.73. The van der Waals surface area contributed by atoms with Gasteiger partial charge in [0.25, 0.3) is 0 Å². The van der Waals surface area contributed by atoms with Crippen molar-refractivity contribution >= 4 is 17.5 Å². The van der Waals surface area contributed by atoms with Crippen LogP contribution in [0.5, 0.6) is 0 Å². The van der Waals surface area contributed by atoms with Crippen LogP contribution in [0.2, 0.25) is 0 Å². The van der Waals surface area contributed by atoms with E-state index in [1.807, 2.05) is 54.6 Å². The summed E-state index contributed by atoms with van der Waals surface area (Å²) in [6, 6.07) is 17.8. The van der Waals surface area contributed by atoms with Gasteiger partial charge in [0.1, 0.15) is 6.04 Å². The Kier molecular flexibility index (Phi) is 7.34. The third kappa shape index (κ3) is 4.84. The third-order valence-corrected chi connectivity index (χ3v) is 10.5. The van der Waals surface area contributed by atoms with Crippen LogP contribution in [0.1, 0.15) is 62.0 Å². The predicted molar refractivity (Wildman–Crippen MR) is 165 cm³/mol. The van der Waals surface area contributed by atoms with Crippen LogP contribution in [0.15, 0.2) is 73.1 Å². The van der Waals surface area contributed by atoms with Gasteiger partial charge in [0, 0.05) is 47.8 Å². The maximum atomic E-state index is 15.1. The number of aromatic nitrogens is 1. The minimum Gasteiger partial charge on any atom is -0.390 e. The number of aliphatic hydroxyl groups is 1. The Hall–Kier alpha value is -3.59. The Bertz CT molecular complexity index is 1540. The minimum atomic E-state index is -1.01. The van der Waals surface area contributed by atoms with E-state index in [2.05, 4.69) is 38.0 Å². The van der Waals surface area contributed by atoms with E-state index >= 15 is 4.79 Å². The average Bonchev–Trinajstić information content (AvgIpc) is 3.61. The monoisotopic (exact) mass is 595 g/mol. The molecule has 1 saturated carbocycles. The van der Waals surface area contributed by atoms with E-state index < -0.39 is 18.2 Å². The molecule has 2 saturated heterocycles. The standard InChI is InChI=1S/C36H41N3O5/c1-20-26-18-43-35-29(20)27(19-44-35)30(26)34(42)39(24-13-11-23(12-14-24)36(2,3)4)32(22-9-7-15-37-17-22)33(41)38-31-25-10-6-5-8-21(25)16-28(31)40/h5-15,17,20,26-32,35,40H,16,18-19H2,1-4H3,(H,38,41)/t20-,26?,27?,28-,29?,30-,31+,32?,35-/m0/s1. The van der Waals surface area contributed by atoms with Gasteiger partial charge >= 0.3 is 0 Å². The molecule has 0 radical (unpaired) electrons. The smallest absolute Gasteiger partial charge is 0.248 e. The molecule has 3 heterocycles. The molecule has 2 bridgehead atoms. The molecule has 2 amide bonds. The summed E-state index contributed by atoms with van der Waals surface area (Å²) in [5.74, 6) is -0.335. The number of carbonyl (C=O) groups is 2. The van der Waals surface area contributed by atoms with E-state index in [4.69, 9.17) is 9.47 Å². The molecule has 9 atom stereocenters. The number of fused-ring (bicyclic) bond motifs is 2. The highest BCUT2D eigenvalue weighted by Crippen LogP contribution is 2.56. The highest BCUT2D eigenvalue weighted by atomic mass is 16.7. The quantitative estimate of drug-likeness (QED) is 0.428. The van der Waals surface area contributed by atoms with Crippen LogP contribution >= 0.6 is 0 Å². The van der Waals surface area contributed by atoms with Gasteiger partial charge in [0.2, 0.25) is 11.8 Å². The van der Waals surface area contributed by atoms with Crippen LogP contribution in [0.25, 0.3) is 0 Å². The van der Waals surface area contributed by atoms with Gasteiger partial charge in [-0.05, 0) is 52.1 Å². The molecule has 8 nitrogen and oxygen atoms in total. The summed E-state index contributed by atoms with van der Waals surface area (Å²) in [4.78, 5) is 35.7. The lowest BCUT2D eigenvalue weighted by atomic mass is 9.85. The van der Waals surface area contributed by atoms with Crippen LogP contribution in [0.3, 0.4) is 0 Å². The van der Waals surface area contributed by atoms with Crippen LogP contribution in [-0.2, 0) is 30.9 Å². The second-order valence-electron chi connectivity index (χ2n) is 14.0. The molecule has 1 aromatic heterocycles. The van der Waals surface area contributed by atoms with Gasteiger partial charge in [0.05, 0.1) is 25.4 Å². The second-order valence-corrected chi connectivity index (χ2v) is 14.0. The number of pyridine rings is 1. The molecule has 8 heteroatoms. The SMILES string of the molecule is C[C@@H]1C2C3CO[C@@H]2OCC1[C@@H]3C(=O)N(c1ccc(C(C)(C)C)cc1)C(C(=O)N[C@@H]1c2ccccc2C[C@@H]1O)c1cccnc1. The van der Waals surface area contributed by atoms with E-state index in [-0.39, 0.29) is 53.1 Å². The Morgan fingerprint density at radius 1 is 1.00 bits per heavy atom. The summed E-state index contributed by atoms with van der Waals surface area (Å²) >= 11 is 0. The van der Waals surface area contributed by atoms with Gasteiger partial charge < -0.3 is 19.9 Å². The van der Waals surface area contributed by atoms with Crippen molar-refractivity contribution < 1.29 is 24.2 Å². The summed E-state index contributed by atoms with van der Waals surface area (Å²) in [5, 5.41) is 14.2. The summed E-state index contributed by atoms with van der Waals surface area (Å²) in [6.07, 6.45) is 2.74. The van der Waals surface area contributed by atoms with Gasteiger partial charge in [-0.25, -0.2) is 0 Å². The first-order valence-electron chi connectivity index (χ1n) is 15.8. The van der Waals surface area contributed by atoms with Crippen molar-refractivity contribution in [3.8, 4) is 0 Å². The molecular weight excluding hydrogens is 554 g/mol. The van der Waals surface area contributed by atoms with Crippen molar-refractivity contribution in [3.63, 3.8) is 0 Å². The molecule has 2 aromatic carbocycles. The Morgan fingerprint density at radius 3 is 2.43 bits per heavy atom. The molecule has 4 unspecified atom stereocenters. The lowest BCUT2D eigenvalue weighted by molar-refractivity contribution is -0.181. The maximum absolute atomic E-state index is 15.1. The molecule has 4 aliphatic rings. The number of nitrogens with one attached hydrogen (secondary N) is 1. The van der Waals surface area contributed by atoms with Crippen molar-refractivity contribution in [2.45, 2.75) is 64.0 Å². The van der Waals surface area contributed by atoms with Crippen molar-refractivity contribution in [2.24, 2.45) is 29.6 Å². The zero-order valence-corrected chi connectivity index (χ0v) is 25.7. The number of anilines is 1. The minimum absolute atomic E-state index is 0.0208. The summed E-state index contributed by atoms with van der Waals surface area (Å²) in [7, 11) is 0. The molecule has 7 rings (SSSR count). The van der Waals surface area contributed by atoms with E-state index in [9.17, 15) is 9.90 Å². The topological polar surface area (TPSA) is 101 Å². The molecule has 3 aromatic rings. The number of hydrogen-bond acceptors (Lipinski definition) is 6. The highest BCUT2D eigenvalue weighted by Gasteiger charge is 2.62. The van der Waals surface area contributed by atoms with Crippen molar-refractivity contribution in [1.82, 2.24) is 10.3 Å². The number of nitrogens with zero attached hydrogens (tertiary/aromatic N) is 2. The maximum Gasteiger partial charge on any atom is 0.248 e. The zero-order chi connectivity index (χ0) is 30.7. The van der Waals surface area contributed by atoms with Gasteiger partial charge in [-0.2, -0.15) is 0 Å². The first-order valence-corrected chi connectivity index (χ1v) is 15.8. The molecule has 2 aliphatic carbocycles. The largest absolute Gasteiger partial charge is 0.390 e. The van der Waals surface area contributed by atoms with Gasteiger partial charge in [-0.1, -0.05) is 70.2 Å². The third-order valence-electron chi connectivity index (χ3n) is 10.5. The summed E-state index contributed by atoms with van der Waals surface area (Å²) in [6.45, 7) is 9.58. The first kappa shape index (κ1) is 29.1. The van der Waals surface area contributed by atoms with E-state index in [0.29, 0.717) is 30.9 Å². The van der Waals surface area contributed by atoms with Gasteiger partial charge in [-0.3, -0.25) is 19.5 Å². The molecule has 2 aliphatic heterocycles. The number of hydrogen-bond donors (Lipinski definition) is 2. The summed E-state index contributed by atoms with van der Waals surface area (Å²) < 4.78 is 12.1. The van der Waals surface area contributed by atoms with Crippen molar-refractivity contribution in [2.75, 3.05) is 18.1 Å². The Morgan fingerprint density at radius 2 is 1.73 bits per heavy atom. The second kappa shape index (κ2) is 11.1.